The SMILES string of the molecule is Bc1c(C(=O)O)n[nH]c1NC(=O)c1ccccc1CSc1cccc2cccnc12. The number of carbonyl (C=O) groups is 2. The fraction of sp³-hybridized carbons (Fsp3) is 0.0476. The summed E-state index contributed by atoms with van der Waals surface area (Å²) in [7, 11) is 1.60. The van der Waals surface area contributed by atoms with Gasteiger partial charge in [-0.2, -0.15) is 5.10 Å². The number of fused-ring (bicyclic) bond motifs is 1. The van der Waals surface area contributed by atoms with Gasteiger partial charge in [-0.15, -0.1) is 11.8 Å². The third kappa shape index (κ3) is 3.92. The van der Waals surface area contributed by atoms with Gasteiger partial charge in [0.25, 0.3) is 5.91 Å². The lowest BCUT2D eigenvalue weighted by atomic mass is 9.95. The Hall–Kier alpha value is -3.59. The lowest BCUT2D eigenvalue weighted by molar-refractivity contribution is 0.0691. The molecule has 4 rings (SSSR count). The molecule has 7 nitrogen and oxygen atoms in total. The molecule has 2 heterocycles. The van der Waals surface area contributed by atoms with Crippen LogP contribution in [0.1, 0.15) is 26.4 Å². The summed E-state index contributed by atoms with van der Waals surface area (Å²) in [5.41, 5.74) is 2.58. The van der Waals surface area contributed by atoms with Crippen LogP contribution in [0, 0.1) is 0 Å². The van der Waals surface area contributed by atoms with Crippen molar-refractivity contribution in [3.8, 4) is 0 Å². The highest BCUT2D eigenvalue weighted by Gasteiger charge is 2.18. The molecule has 1 amide bonds. The van der Waals surface area contributed by atoms with Gasteiger partial charge >= 0.3 is 5.97 Å². The van der Waals surface area contributed by atoms with E-state index < -0.39 is 5.97 Å². The lowest BCUT2D eigenvalue weighted by Crippen LogP contribution is -2.21. The minimum absolute atomic E-state index is 0.113. The first-order valence-corrected chi connectivity index (χ1v) is 10.2. The summed E-state index contributed by atoms with van der Waals surface area (Å²) in [5.74, 6) is -0.615. The van der Waals surface area contributed by atoms with Crippen LogP contribution in [0.5, 0.6) is 0 Å². The number of anilines is 1. The van der Waals surface area contributed by atoms with Crippen molar-refractivity contribution in [1.82, 2.24) is 15.2 Å². The van der Waals surface area contributed by atoms with E-state index in [1.54, 1.807) is 37.9 Å². The van der Waals surface area contributed by atoms with Crippen molar-refractivity contribution in [1.29, 1.82) is 0 Å². The number of carbonyl (C=O) groups excluding carboxylic acids is 1. The molecule has 9 heteroatoms. The number of aromatic carboxylic acids is 1. The molecule has 0 saturated heterocycles. The Morgan fingerprint density at radius 3 is 2.70 bits per heavy atom. The van der Waals surface area contributed by atoms with Crippen molar-refractivity contribution in [2.45, 2.75) is 10.6 Å². The topological polar surface area (TPSA) is 108 Å². The molecular formula is C21H17BN4O3S. The van der Waals surface area contributed by atoms with E-state index in [0.29, 0.717) is 16.8 Å². The zero-order valence-corrected chi connectivity index (χ0v) is 16.9. The highest BCUT2D eigenvalue weighted by Crippen LogP contribution is 2.30. The Bertz CT molecular complexity index is 1250. The second-order valence-corrected chi connectivity index (χ2v) is 7.63. The van der Waals surface area contributed by atoms with Gasteiger partial charge in [0.15, 0.2) is 5.69 Å². The molecule has 0 unspecified atom stereocenters. The fourth-order valence-electron chi connectivity index (χ4n) is 3.12. The Kier molecular flexibility index (Phi) is 5.54. The van der Waals surface area contributed by atoms with Crippen LogP contribution in [-0.2, 0) is 5.75 Å². The molecule has 2 aromatic carbocycles. The van der Waals surface area contributed by atoms with E-state index in [0.717, 1.165) is 21.4 Å². The second-order valence-electron chi connectivity index (χ2n) is 6.61. The van der Waals surface area contributed by atoms with Crippen molar-refractivity contribution in [2.75, 3.05) is 5.32 Å². The summed E-state index contributed by atoms with van der Waals surface area (Å²) >= 11 is 1.61. The van der Waals surface area contributed by atoms with Gasteiger partial charge in [0.1, 0.15) is 13.7 Å². The molecule has 0 aliphatic rings. The molecule has 0 radical (unpaired) electrons. The van der Waals surface area contributed by atoms with Gasteiger partial charge in [-0.1, -0.05) is 36.4 Å². The molecular weight excluding hydrogens is 399 g/mol. The minimum atomic E-state index is -1.15. The van der Waals surface area contributed by atoms with Crippen LogP contribution in [0.15, 0.2) is 65.7 Å². The van der Waals surface area contributed by atoms with Crippen LogP contribution in [-0.4, -0.2) is 40.0 Å². The van der Waals surface area contributed by atoms with E-state index in [1.165, 1.54) is 0 Å². The third-order valence-corrected chi connectivity index (χ3v) is 5.79. The molecule has 3 N–H and O–H groups in total. The maximum Gasteiger partial charge on any atom is 0.355 e. The summed E-state index contributed by atoms with van der Waals surface area (Å²) < 4.78 is 0. The molecule has 148 valence electrons. The van der Waals surface area contributed by atoms with E-state index in [-0.39, 0.29) is 17.4 Å². The van der Waals surface area contributed by atoms with E-state index in [4.69, 9.17) is 5.11 Å². The van der Waals surface area contributed by atoms with Gasteiger partial charge in [0.05, 0.1) is 5.52 Å². The van der Waals surface area contributed by atoms with Gasteiger partial charge in [-0.3, -0.25) is 14.9 Å². The predicted octanol–water partition coefficient (Wildman–Crippen LogP) is 2.46. The van der Waals surface area contributed by atoms with E-state index in [1.807, 2.05) is 42.5 Å². The number of aromatic nitrogens is 3. The number of nitrogens with one attached hydrogen (secondary N) is 2. The van der Waals surface area contributed by atoms with Crippen molar-refractivity contribution < 1.29 is 14.7 Å². The smallest absolute Gasteiger partial charge is 0.355 e. The summed E-state index contributed by atoms with van der Waals surface area (Å²) in [6.07, 6.45) is 1.77. The van der Waals surface area contributed by atoms with Crippen molar-refractivity contribution in [2.24, 2.45) is 0 Å². The zero-order chi connectivity index (χ0) is 21.1. The number of hydrogen-bond donors (Lipinski definition) is 3. The molecule has 0 spiro atoms. The zero-order valence-electron chi connectivity index (χ0n) is 16.0. The molecule has 0 fully saturated rings. The summed E-state index contributed by atoms with van der Waals surface area (Å²) in [6, 6.07) is 17.3. The summed E-state index contributed by atoms with van der Waals surface area (Å²) in [4.78, 5) is 29.5. The van der Waals surface area contributed by atoms with Crippen LogP contribution in [0.4, 0.5) is 5.82 Å². The van der Waals surface area contributed by atoms with E-state index >= 15 is 0 Å². The minimum Gasteiger partial charge on any atom is -0.476 e. The van der Waals surface area contributed by atoms with Crippen LogP contribution < -0.4 is 10.8 Å². The van der Waals surface area contributed by atoms with Crippen LogP contribution in [0.2, 0.25) is 0 Å². The van der Waals surface area contributed by atoms with Crippen LogP contribution in [0.25, 0.3) is 10.9 Å². The van der Waals surface area contributed by atoms with E-state index in [9.17, 15) is 9.59 Å². The predicted molar refractivity (Wildman–Crippen MR) is 119 cm³/mol. The van der Waals surface area contributed by atoms with Gasteiger partial charge in [-0.05, 0) is 29.2 Å². The maximum atomic E-state index is 12.9. The monoisotopic (exact) mass is 416 g/mol. The summed E-state index contributed by atoms with van der Waals surface area (Å²) in [5, 5.41) is 19.2. The number of carboxylic acid groups (broad SMARTS) is 1. The number of nitrogens with zero attached hydrogens (tertiary/aromatic N) is 2. The molecule has 2 aromatic heterocycles. The first-order valence-electron chi connectivity index (χ1n) is 9.18. The van der Waals surface area contributed by atoms with Crippen molar-refractivity contribution >= 4 is 53.7 Å². The van der Waals surface area contributed by atoms with Crippen molar-refractivity contribution in [3.63, 3.8) is 0 Å². The quantitative estimate of drug-likeness (QED) is 0.329. The van der Waals surface area contributed by atoms with Gasteiger partial charge < -0.3 is 10.4 Å². The number of H-pyrrole nitrogens is 1. The highest BCUT2D eigenvalue weighted by atomic mass is 32.2. The number of thioether (sulfide) groups is 1. The number of benzene rings is 2. The molecule has 0 saturated carbocycles. The molecule has 0 bridgehead atoms. The molecule has 0 aliphatic carbocycles. The number of pyridine rings is 1. The normalized spacial score (nSPS) is 10.8. The van der Waals surface area contributed by atoms with E-state index in [2.05, 4.69) is 20.5 Å². The number of rotatable bonds is 6. The van der Waals surface area contributed by atoms with Gasteiger partial charge in [-0.25, -0.2) is 4.79 Å². The Morgan fingerprint density at radius 2 is 1.90 bits per heavy atom. The number of carboxylic acids is 1. The maximum absolute atomic E-state index is 12.9. The number of para-hydroxylation sites is 1. The van der Waals surface area contributed by atoms with Crippen molar-refractivity contribution in [3.05, 3.63) is 77.6 Å². The second kappa shape index (κ2) is 8.42. The number of aromatic amines is 1. The molecule has 30 heavy (non-hydrogen) atoms. The standard InChI is InChI=1S/C21H17BN4O3S/c22-16-18(21(28)29)25-26-19(16)24-20(27)14-8-2-1-5-13(14)11-30-15-9-3-6-12-7-4-10-23-17(12)15/h1-10H,11,22H2,(H,28,29)(H2,24,25,26,27). The van der Waals surface area contributed by atoms with Crippen LogP contribution in [0.3, 0.4) is 0 Å². The highest BCUT2D eigenvalue weighted by molar-refractivity contribution is 7.98. The average molecular weight is 416 g/mol. The first kappa shape index (κ1) is 19.7. The first-order chi connectivity index (χ1) is 14.5. The molecule has 0 aliphatic heterocycles. The Morgan fingerprint density at radius 1 is 1.10 bits per heavy atom. The number of hydrogen-bond acceptors (Lipinski definition) is 5. The number of amides is 1. The molecule has 4 aromatic rings. The van der Waals surface area contributed by atoms with Gasteiger partial charge in [0.2, 0.25) is 0 Å². The average Bonchev–Trinajstić information content (AvgIpc) is 3.12. The summed E-state index contributed by atoms with van der Waals surface area (Å²) in [6.45, 7) is 0. The molecule has 0 atom stereocenters. The van der Waals surface area contributed by atoms with Crippen LogP contribution >= 0.6 is 11.8 Å². The largest absolute Gasteiger partial charge is 0.476 e. The van der Waals surface area contributed by atoms with Gasteiger partial charge in [0, 0.05) is 27.8 Å². The Labute approximate surface area is 177 Å². The Balaban J connectivity index is 1.55. The fourth-order valence-corrected chi connectivity index (χ4v) is 4.17. The third-order valence-electron chi connectivity index (χ3n) is 4.69. The lowest BCUT2D eigenvalue weighted by Gasteiger charge is -2.10.